The van der Waals surface area contributed by atoms with Gasteiger partial charge in [-0.25, -0.2) is 4.68 Å². The highest BCUT2D eigenvalue weighted by Gasteiger charge is 2.09. The molecule has 2 rings (SSSR count). The number of aromatic nitrogens is 4. The molecule has 1 heterocycles. The van der Waals surface area contributed by atoms with Gasteiger partial charge in [-0.05, 0) is 29.1 Å². The molecule has 112 valence electrons. The number of carbonyl (C=O) groups is 1. The third-order valence-electron chi connectivity index (χ3n) is 2.64. The summed E-state index contributed by atoms with van der Waals surface area (Å²) in [6, 6.07) is 9.36. The van der Waals surface area contributed by atoms with Crippen LogP contribution >= 0.6 is 11.8 Å². The van der Waals surface area contributed by atoms with E-state index in [4.69, 9.17) is 0 Å². The summed E-state index contributed by atoms with van der Waals surface area (Å²) in [5.41, 5.74) is 0.787. The normalized spacial score (nSPS) is 10.5. The van der Waals surface area contributed by atoms with E-state index in [0.29, 0.717) is 11.7 Å². The molecular weight excluding hydrogens is 288 g/mol. The van der Waals surface area contributed by atoms with E-state index < -0.39 is 0 Å². The average Bonchev–Trinajstić information content (AvgIpc) is 2.94. The number of hydrogen-bond donors (Lipinski definition) is 2. The highest BCUT2D eigenvalue weighted by atomic mass is 32.2. The molecule has 0 bridgehead atoms. The number of likely N-dealkylation sites (N-methyl/N-ethyl adjacent to an activating group) is 1. The number of para-hydroxylation sites is 1. The van der Waals surface area contributed by atoms with Gasteiger partial charge in [-0.1, -0.05) is 36.9 Å². The molecule has 1 amide bonds. The van der Waals surface area contributed by atoms with Gasteiger partial charge in [-0.15, -0.1) is 5.10 Å². The van der Waals surface area contributed by atoms with Crippen LogP contribution in [0.25, 0.3) is 0 Å². The lowest BCUT2D eigenvalue weighted by molar-refractivity contribution is -0.113. The van der Waals surface area contributed by atoms with E-state index in [2.05, 4.69) is 26.2 Å². The first-order chi connectivity index (χ1) is 10.3. The molecule has 0 aliphatic carbocycles. The number of tetrazole rings is 1. The Hall–Kier alpha value is -1.93. The van der Waals surface area contributed by atoms with Crippen molar-refractivity contribution >= 4 is 23.4 Å². The molecule has 1 aromatic heterocycles. The molecule has 0 unspecified atom stereocenters. The number of anilines is 1. The first-order valence-electron chi connectivity index (χ1n) is 6.74. The molecule has 7 nitrogen and oxygen atoms in total. The maximum absolute atomic E-state index is 11.9. The Morgan fingerprint density at radius 2 is 2.14 bits per heavy atom. The molecule has 0 saturated heterocycles. The number of rotatable bonds is 8. The van der Waals surface area contributed by atoms with Gasteiger partial charge in [0.1, 0.15) is 0 Å². The van der Waals surface area contributed by atoms with E-state index in [1.165, 1.54) is 11.8 Å². The van der Waals surface area contributed by atoms with Crippen molar-refractivity contribution in [2.75, 3.05) is 24.2 Å². The summed E-state index contributed by atoms with van der Waals surface area (Å²) in [6.45, 7) is 4.43. The molecule has 2 aromatic rings. The van der Waals surface area contributed by atoms with Crippen LogP contribution in [0.2, 0.25) is 0 Å². The average molecular weight is 306 g/mol. The molecular formula is C13H18N6OS. The van der Waals surface area contributed by atoms with Gasteiger partial charge in [-0.2, -0.15) is 0 Å². The van der Waals surface area contributed by atoms with Crippen LogP contribution in [0.4, 0.5) is 5.69 Å². The van der Waals surface area contributed by atoms with Crippen molar-refractivity contribution in [2.45, 2.75) is 18.6 Å². The topological polar surface area (TPSA) is 84.7 Å². The fourth-order valence-electron chi connectivity index (χ4n) is 1.65. The van der Waals surface area contributed by atoms with Crippen molar-refractivity contribution in [2.24, 2.45) is 0 Å². The van der Waals surface area contributed by atoms with Crippen molar-refractivity contribution < 1.29 is 4.79 Å². The van der Waals surface area contributed by atoms with Crippen LogP contribution in [0.1, 0.15) is 6.92 Å². The van der Waals surface area contributed by atoms with Crippen LogP contribution in [0.3, 0.4) is 0 Å². The van der Waals surface area contributed by atoms with E-state index in [9.17, 15) is 4.79 Å². The summed E-state index contributed by atoms with van der Waals surface area (Å²) in [5.74, 6) is 0.198. The second-order valence-corrected chi connectivity index (χ2v) is 5.18. The number of nitrogens with one attached hydrogen (secondary N) is 2. The van der Waals surface area contributed by atoms with Crippen LogP contribution in [-0.2, 0) is 11.3 Å². The lowest BCUT2D eigenvalue weighted by Crippen LogP contribution is -2.20. The molecule has 2 N–H and O–H groups in total. The molecule has 0 radical (unpaired) electrons. The zero-order valence-electron chi connectivity index (χ0n) is 11.8. The van der Waals surface area contributed by atoms with Crippen molar-refractivity contribution in [1.82, 2.24) is 25.5 Å². The van der Waals surface area contributed by atoms with Gasteiger partial charge in [0.25, 0.3) is 0 Å². The lowest BCUT2D eigenvalue weighted by atomic mass is 10.3. The van der Waals surface area contributed by atoms with E-state index in [0.717, 1.165) is 18.8 Å². The van der Waals surface area contributed by atoms with Gasteiger partial charge < -0.3 is 10.6 Å². The third-order valence-corrected chi connectivity index (χ3v) is 3.60. The van der Waals surface area contributed by atoms with Crippen LogP contribution in [-0.4, -0.2) is 45.0 Å². The largest absolute Gasteiger partial charge is 0.325 e. The molecule has 0 aliphatic heterocycles. The van der Waals surface area contributed by atoms with Gasteiger partial charge in [0.15, 0.2) is 0 Å². The summed E-state index contributed by atoms with van der Waals surface area (Å²) in [6.07, 6.45) is 0. The standard InChI is InChI=1S/C13H18N6OS/c1-2-14-8-9-19-13(16-17-18-19)21-10-12(20)15-11-6-4-3-5-7-11/h3-7,14H,2,8-10H2,1H3,(H,15,20). The summed E-state index contributed by atoms with van der Waals surface area (Å²) in [5, 5.41) is 18.2. The van der Waals surface area contributed by atoms with Gasteiger partial charge in [0.05, 0.1) is 12.3 Å². The molecule has 8 heteroatoms. The summed E-state index contributed by atoms with van der Waals surface area (Å²) >= 11 is 1.33. The molecule has 0 spiro atoms. The highest BCUT2D eigenvalue weighted by Crippen LogP contribution is 2.14. The number of nitrogens with zero attached hydrogens (tertiary/aromatic N) is 4. The predicted molar refractivity (Wildman–Crippen MR) is 82.2 cm³/mol. The van der Waals surface area contributed by atoms with Crippen LogP contribution in [0, 0.1) is 0 Å². The number of amides is 1. The lowest BCUT2D eigenvalue weighted by Gasteiger charge is -2.06. The SMILES string of the molecule is CCNCCn1nnnc1SCC(=O)Nc1ccccc1. The van der Waals surface area contributed by atoms with Gasteiger partial charge in [0, 0.05) is 12.2 Å². The Kier molecular flexibility index (Phi) is 6.17. The predicted octanol–water partition coefficient (Wildman–Crippen LogP) is 1.01. The van der Waals surface area contributed by atoms with Crippen LogP contribution in [0.15, 0.2) is 35.5 Å². The Bertz CT molecular complexity index is 559. The minimum atomic E-state index is -0.0765. The Labute approximate surface area is 127 Å². The Morgan fingerprint density at radius 3 is 2.90 bits per heavy atom. The third kappa shape index (κ3) is 5.16. The Balaban J connectivity index is 1.80. The fraction of sp³-hybridized carbons (Fsp3) is 0.385. The highest BCUT2D eigenvalue weighted by molar-refractivity contribution is 7.99. The molecule has 0 atom stereocenters. The van der Waals surface area contributed by atoms with Crippen molar-refractivity contribution in [3.63, 3.8) is 0 Å². The number of carbonyl (C=O) groups excluding carboxylic acids is 1. The smallest absolute Gasteiger partial charge is 0.234 e. The minimum absolute atomic E-state index is 0.0765. The van der Waals surface area contributed by atoms with E-state index in [1.807, 2.05) is 37.3 Å². The van der Waals surface area contributed by atoms with Crippen LogP contribution < -0.4 is 10.6 Å². The fourth-order valence-corrected chi connectivity index (χ4v) is 2.35. The van der Waals surface area contributed by atoms with E-state index in [-0.39, 0.29) is 11.7 Å². The molecule has 21 heavy (non-hydrogen) atoms. The minimum Gasteiger partial charge on any atom is -0.325 e. The zero-order valence-corrected chi connectivity index (χ0v) is 12.6. The summed E-state index contributed by atoms with van der Waals surface area (Å²) in [7, 11) is 0. The molecule has 0 aliphatic rings. The first-order valence-corrected chi connectivity index (χ1v) is 7.72. The van der Waals surface area contributed by atoms with E-state index in [1.54, 1.807) is 4.68 Å². The Morgan fingerprint density at radius 1 is 1.33 bits per heavy atom. The number of benzene rings is 1. The van der Waals surface area contributed by atoms with Gasteiger partial charge >= 0.3 is 0 Å². The quantitative estimate of drug-likeness (QED) is 0.559. The molecule has 0 fully saturated rings. The molecule has 0 saturated carbocycles. The van der Waals surface area contributed by atoms with Crippen molar-refractivity contribution in [1.29, 1.82) is 0 Å². The van der Waals surface area contributed by atoms with Crippen molar-refractivity contribution in [3.05, 3.63) is 30.3 Å². The van der Waals surface area contributed by atoms with E-state index >= 15 is 0 Å². The van der Waals surface area contributed by atoms with Gasteiger partial charge in [0.2, 0.25) is 11.1 Å². The summed E-state index contributed by atoms with van der Waals surface area (Å²) < 4.78 is 1.70. The zero-order chi connectivity index (χ0) is 14.9. The maximum atomic E-state index is 11.9. The second kappa shape index (κ2) is 8.38. The summed E-state index contributed by atoms with van der Waals surface area (Å²) in [4.78, 5) is 11.9. The number of hydrogen-bond acceptors (Lipinski definition) is 6. The van der Waals surface area contributed by atoms with Crippen LogP contribution in [0.5, 0.6) is 0 Å². The van der Waals surface area contributed by atoms with Gasteiger partial charge in [-0.3, -0.25) is 4.79 Å². The maximum Gasteiger partial charge on any atom is 0.234 e. The second-order valence-electron chi connectivity index (χ2n) is 4.24. The monoisotopic (exact) mass is 306 g/mol. The number of thioether (sulfide) groups is 1. The first kappa shape index (κ1) is 15.5. The molecule has 1 aromatic carbocycles. The van der Waals surface area contributed by atoms with Crippen molar-refractivity contribution in [3.8, 4) is 0 Å².